The number of piperidine rings is 2. The molecule has 0 radical (unpaired) electrons. The Bertz CT molecular complexity index is 1140. The van der Waals surface area contributed by atoms with E-state index in [1.165, 1.54) is 5.56 Å². The van der Waals surface area contributed by atoms with Gasteiger partial charge in [0.05, 0.1) is 16.3 Å². The molecule has 8 heteroatoms. The average molecular weight is 515 g/mol. The maximum absolute atomic E-state index is 13.5. The topological polar surface area (TPSA) is 64.7 Å². The van der Waals surface area contributed by atoms with Gasteiger partial charge in [-0.1, -0.05) is 32.9 Å². The fourth-order valence-corrected chi connectivity index (χ4v) is 6.55. The Labute approximate surface area is 216 Å². The molecule has 0 bridgehead atoms. The molecule has 2 aliphatic rings. The highest BCUT2D eigenvalue weighted by atomic mass is 32.2. The summed E-state index contributed by atoms with van der Waals surface area (Å²) in [6.07, 6.45) is 5.00. The number of hydrogen-bond acceptors (Lipinski definition) is 4. The molecular weight excluding hydrogens is 476 g/mol. The normalized spacial score (nSPS) is 18.4. The Hall–Kier alpha value is -2.16. The lowest BCUT2D eigenvalue weighted by molar-refractivity contribution is 0.288. The van der Waals surface area contributed by atoms with E-state index in [4.69, 9.17) is 12.2 Å². The number of anilines is 3. The number of thiocarbonyl (C=S) groups is 1. The molecule has 2 aliphatic heterocycles. The van der Waals surface area contributed by atoms with Crippen molar-refractivity contribution in [3.05, 3.63) is 48.0 Å². The zero-order valence-corrected chi connectivity index (χ0v) is 22.7. The van der Waals surface area contributed by atoms with Crippen LogP contribution in [0, 0.1) is 11.8 Å². The summed E-state index contributed by atoms with van der Waals surface area (Å²) in [6, 6.07) is 13.6. The number of sulfonamides is 1. The summed E-state index contributed by atoms with van der Waals surface area (Å²) in [5.41, 5.74) is 3.87. The molecule has 0 unspecified atom stereocenters. The molecule has 2 saturated heterocycles. The molecule has 35 heavy (non-hydrogen) atoms. The minimum absolute atomic E-state index is 0.319. The minimum Gasteiger partial charge on any atom is -0.370 e. The van der Waals surface area contributed by atoms with Gasteiger partial charge in [-0.3, -0.25) is 0 Å². The van der Waals surface area contributed by atoms with Gasteiger partial charge in [0.2, 0.25) is 10.0 Å². The van der Waals surface area contributed by atoms with Crippen LogP contribution in [0.4, 0.5) is 17.1 Å². The molecule has 0 spiro atoms. The molecule has 0 aliphatic carbocycles. The predicted molar refractivity (Wildman–Crippen MR) is 150 cm³/mol. The van der Waals surface area contributed by atoms with Crippen molar-refractivity contribution in [1.29, 1.82) is 0 Å². The summed E-state index contributed by atoms with van der Waals surface area (Å²) >= 11 is 5.65. The van der Waals surface area contributed by atoms with E-state index in [-0.39, 0.29) is 0 Å². The molecule has 0 amide bonds. The number of nitrogens with one attached hydrogen (secondary N) is 2. The average Bonchev–Trinajstić information content (AvgIpc) is 2.85. The lowest BCUT2D eigenvalue weighted by Gasteiger charge is -2.34. The second kappa shape index (κ2) is 11.3. The Morgan fingerprint density at radius 1 is 0.943 bits per heavy atom. The van der Waals surface area contributed by atoms with Crippen molar-refractivity contribution in [3.8, 4) is 0 Å². The van der Waals surface area contributed by atoms with Crippen molar-refractivity contribution < 1.29 is 8.42 Å². The summed E-state index contributed by atoms with van der Waals surface area (Å²) in [4.78, 5) is 2.65. The zero-order valence-electron chi connectivity index (χ0n) is 21.1. The van der Waals surface area contributed by atoms with Crippen molar-refractivity contribution in [2.45, 2.75) is 57.8 Å². The second-order valence-electron chi connectivity index (χ2n) is 10.1. The minimum atomic E-state index is -3.56. The smallest absolute Gasteiger partial charge is 0.243 e. The third-order valence-corrected chi connectivity index (χ3v) is 9.41. The van der Waals surface area contributed by atoms with E-state index in [9.17, 15) is 8.42 Å². The molecule has 2 aromatic rings. The Balaban J connectivity index is 1.60. The van der Waals surface area contributed by atoms with Crippen LogP contribution in [0.25, 0.3) is 0 Å². The number of nitrogens with zero attached hydrogens (tertiary/aromatic N) is 2. The molecule has 2 N–H and O–H groups in total. The summed E-state index contributed by atoms with van der Waals surface area (Å²) in [6.45, 7) is 9.64. The van der Waals surface area contributed by atoms with Gasteiger partial charge in [0.1, 0.15) is 0 Å². The van der Waals surface area contributed by atoms with Gasteiger partial charge in [-0.15, -0.1) is 0 Å². The Kier molecular flexibility index (Phi) is 8.34. The van der Waals surface area contributed by atoms with E-state index in [2.05, 4.69) is 48.4 Å². The molecule has 2 aromatic carbocycles. The van der Waals surface area contributed by atoms with Crippen molar-refractivity contribution >= 4 is 44.4 Å². The highest BCUT2D eigenvalue weighted by Crippen LogP contribution is 2.34. The summed E-state index contributed by atoms with van der Waals surface area (Å²) in [7, 11) is -3.56. The van der Waals surface area contributed by atoms with E-state index in [1.807, 2.05) is 18.2 Å². The predicted octanol–water partition coefficient (Wildman–Crippen LogP) is 5.71. The molecule has 0 aromatic heterocycles. The van der Waals surface area contributed by atoms with Crippen LogP contribution in [0.3, 0.4) is 0 Å². The number of benzene rings is 2. The van der Waals surface area contributed by atoms with Gasteiger partial charge in [0.15, 0.2) is 5.11 Å². The zero-order chi connectivity index (χ0) is 25.0. The van der Waals surface area contributed by atoms with Crippen molar-refractivity contribution in [3.63, 3.8) is 0 Å². The first-order chi connectivity index (χ1) is 16.8. The Morgan fingerprint density at radius 3 is 2.26 bits per heavy atom. The molecule has 0 atom stereocenters. The second-order valence-corrected chi connectivity index (χ2v) is 12.4. The van der Waals surface area contributed by atoms with Gasteiger partial charge in [-0.05, 0) is 92.1 Å². The fourth-order valence-electron chi connectivity index (χ4n) is 4.83. The molecule has 2 heterocycles. The van der Waals surface area contributed by atoms with Crippen LogP contribution in [-0.4, -0.2) is 44.0 Å². The monoisotopic (exact) mass is 514 g/mol. The number of aryl methyl sites for hydroxylation is 1. The van der Waals surface area contributed by atoms with Gasteiger partial charge in [-0.25, -0.2) is 8.42 Å². The quantitative estimate of drug-likeness (QED) is 0.481. The lowest BCUT2D eigenvalue weighted by Crippen LogP contribution is -2.38. The van der Waals surface area contributed by atoms with Gasteiger partial charge >= 0.3 is 0 Å². The molecule has 4 rings (SSSR count). The van der Waals surface area contributed by atoms with Crippen LogP contribution in [0.1, 0.15) is 52.0 Å². The first-order valence-corrected chi connectivity index (χ1v) is 14.7. The van der Waals surface area contributed by atoms with E-state index in [1.54, 1.807) is 16.4 Å². The van der Waals surface area contributed by atoms with Crippen molar-refractivity contribution in [2.75, 3.05) is 41.7 Å². The number of rotatable bonds is 6. The van der Waals surface area contributed by atoms with Gasteiger partial charge in [0.25, 0.3) is 0 Å². The maximum Gasteiger partial charge on any atom is 0.243 e. The Morgan fingerprint density at radius 2 is 1.60 bits per heavy atom. The van der Waals surface area contributed by atoms with Crippen LogP contribution in [0.2, 0.25) is 0 Å². The summed E-state index contributed by atoms with van der Waals surface area (Å²) in [5, 5.41) is 7.04. The highest BCUT2D eigenvalue weighted by Gasteiger charge is 2.29. The summed E-state index contributed by atoms with van der Waals surface area (Å²) in [5.74, 6) is 1.27. The largest absolute Gasteiger partial charge is 0.370 e. The van der Waals surface area contributed by atoms with Crippen LogP contribution >= 0.6 is 12.2 Å². The molecule has 6 nitrogen and oxygen atoms in total. The highest BCUT2D eigenvalue weighted by molar-refractivity contribution is 7.89. The summed E-state index contributed by atoms with van der Waals surface area (Å²) < 4.78 is 28.5. The van der Waals surface area contributed by atoms with Gasteiger partial charge in [0, 0.05) is 31.9 Å². The van der Waals surface area contributed by atoms with E-state index in [0.717, 1.165) is 62.3 Å². The van der Waals surface area contributed by atoms with Crippen LogP contribution < -0.4 is 15.5 Å². The molecule has 0 saturated carbocycles. The SMILES string of the molecule is CCc1cccc(NC(=S)Nc2cc(S(=O)(=O)N3CCC(C)CC3)ccc2N2CCC(C)CC2)c1. The van der Waals surface area contributed by atoms with E-state index >= 15 is 0 Å². The third-order valence-electron chi connectivity index (χ3n) is 7.31. The standard InChI is InChI=1S/C27H38N4O2S2/c1-4-22-6-5-7-23(18-22)28-27(34)29-25-19-24(35(32,33)31-16-12-21(3)13-17-31)8-9-26(25)30-14-10-20(2)11-15-30/h5-9,18-21H,4,10-17H2,1-3H3,(H2,28,29,34). The van der Waals surface area contributed by atoms with Crippen LogP contribution in [-0.2, 0) is 16.4 Å². The van der Waals surface area contributed by atoms with Crippen LogP contribution in [0.5, 0.6) is 0 Å². The third kappa shape index (κ3) is 6.35. The maximum atomic E-state index is 13.5. The van der Waals surface area contributed by atoms with Gasteiger partial charge in [-0.2, -0.15) is 4.31 Å². The van der Waals surface area contributed by atoms with E-state index in [0.29, 0.717) is 34.9 Å². The molecular formula is C27H38N4O2S2. The molecule has 2 fully saturated rings. The van der Waals surface area contributed by atoms with Crippen molar-refractivity contribution in [1.82, 2.24) is 4.31 Å². The number of hydrogen-bond donors (Lipinski definition) is 2. The molecule has 190 valence electrons. The van der Waals surface area contributed by atoms with E-state index < -0.39 is 10.0 Å². The fraction of sp³-hybridized carbons (Fsp3) is 0.519. The van der Waals surface area contributed by atoms with Crippen molar-refractivity contribution in [2.24, 2.45) is 11.8 Å². The first-order valence-electron chi connectivity index (χ1n) is 12.8. The van der Waals surface area contributed by atoms with Crippen LogP contribution in [0.15, 0.2) is 47.4 Å². The lowest BCUT2D eigenvalue weighted by atomic mass is 9.98. The first kappa shape index (κ1) is 25.9. The van der Waals surface area contributed by atoms with Gasteiger partial charge < -0.3 is 15.5 Å².